The summed E-state index contributed by atoms with van der Waals surface area (Å²) in [7, 11) is 0. The third-order valence-corrected chi connectivity index (χ3v) is 4.13. The quantitative estimate of drug-likeness (QED) is 0.327. The molecular formula is C13H24N4O2. The van der Waals surface area contributed by atoms with Crippen LogP contribution in [-0.2, 0) is 0 Å². The van der Waals surface area contributed by atoms with E-state index in [9.17, 15) is 4.79 Å². The standard InChI is InChI=1S/C13H24N4O2/c1-10-5-4-7-16(9-10)13(18)17-8-3-2-6-11(17)12(14)15-19/h10-11,19H,2-9H2,1H3,(H2,14,15). The lowest BCUT2D eigenvalue weighted by Crippen LogP contribution is -2.56. The van der Waals surface area contributed by atoms with E-state index >= 15 is 0 Å². The highest BCUT2D eigenvalue weighted by Gasteiger charge is 2.33. The first-order valence-corrected chi connectivity index (χ1v) is 7.16. The molecule has 2 fully saturated rings. The van der Waals surface area contributed by atoms with Crippen LogP contribution < -0.4 is 5.73 Å². The van der Waals surface area contributed by atoms with Crippen LogP contribution in [0.2, 0.25) is 0 Å². The van der Waals surface area contributed by atoms with Gasteiger partial charge in [-0.25, -0.2) is 4.79 Å². The van der Waals surface area contributed by atoms with Crippen LogP contribution in [0.3, 0.4) is 0 Å². The van der Waals surface area contributed by atoms with Gasteiger partial charge in [-0.1, -0.05) is 12.1 Å². The summed E-state index contributed by atoms with van der Waals surface area (Å²) in [5.74, 6) is 0.711. The fraction of sp³-hybridized carbons (Fsp3) is 0.846. The van der Waals surface area contributed by atoms with Crippen molar-refractivity contribution in [2.45, 2.75) is 45.1 Å². The molecule has 0 aromatic carbocycles. The van der Waals surface area contributed by atoms with Gasteiger partial charge in [0.1, 0.15) is 0 Å². The maximum atomic E-state index is 12.6. The second kappa shape index (κ2) is 6.12. The number of oxime groups is 1. The SMILES string of the molecule is CC1CCCN(C(=O)N2CCCCC2C(N)=NO)C1. The van der Waals surface area contributed by atoms with Crippen LogP contribution in [0.1, 0.15) is 39.0 Å². The van der Waals surface area contributed by atoms with E-state index in [1.807, 2.05) is 4.90 Å². The summed E-state index contributed by atoms with van der Waals surface area (Å²) in [6.45, 7) is 4.52. The van der Waals surface area contributed by atoms with E-state index in [2.05, 4.69) is 12.1 Å². The predicted molar refractivity (Wildman–Crippen MR) is 73.1 cm³/mol. The van der Waals surface area contributed by atoms with Crippen molar-refractivity contribution >= 4 is 11.9 Å². The fourth-order valence-corrected chi connectivity index (χ4v) is 3.08. The molecule has 2 unspecified atom stereocenters. The molecule has 3 N–H and O–H groups in total. The molecule has 2 heterocycles. The maximum Gasteiger partial charge on any atom is 0.320 e. The van der Waals surface area contributed by atoms with Gasteiger partial charge in [-0.15, -0.1) is 0 Å². The molecule has 2 saturated heterocycles. The van der Waals surface area contributed by atoms with Gasteiger partial charge >= 0.3 is 6.03 Å². The summed E-state index contributed by atoms with van der Waals surface area (Å²) in [5.41, 5.74) is 5.72. The lowest BCUT2D eigenvalue weighted by molar-refractivity contribution is 0.113. The highest BCUT2D eigenvalue weighted by molar-refractivity contribution is 5.89. The molecule has 0 aromatic heterocycles. The van der Waals surface area contributed by atoms with Crippen LogP contribution in [0, 0.1) is 5.92 Å². The fourth-order valence-electron chi connectivity index (χ4n) is 3.08. The molecule has 2 atom stereocenters. The zero-order valence-electron chi connectivity index (χ0n) is 11.6. The molecule has 6 heteroatoms. The third-order valence-electron chi connectivity index (χ3n) is 4.13. The van der Waals surface area contributed by atoms with Crippen LogP contribution in [0.15, 0.2) is 5.16 Å². The Hall–Kier alpha value is -1.46. The number of rotatable bonds is 1. The summed E-state index contributed by atoms with van der Waals surface area (Å²) in [6.07, 6.45) is 5.04. The largest absolute Gasteiger partial charge is 0.409 e. The number of amides is 2. The molecule has 19 heavy (non-hydrogen) atoms. The Balaban J connectivity index is 2.06. The molecule has 0 saturated carbocycles. The minimum Gasteiger partial charge on any atom is -0.409 e. The number of nitrogens with zero attached hydrogens (tertiary/aromatic N) is 3. The Morgan fingerprint density at radius 1 is 1.26 bits per heavy atom. The average Bonchev–Trinajstić information content (AvgIpc) is 2.45. The first kappa shape index (κ1) is 14.0. The normalized spacial score (nSPS) is 29.4. The lowest BCUT2D eigenvalue weighted by Gasteiger charge is -2.40. The van der Waals surface area contributed by atoms with E-state index in [1.54, 1.807) is 4.90 Å². The van der Waals surface area contributed by atoms with Crippen LogP contribution in [0.25, 0.3) is 0 Å². The number of amidine groups is 1. The van der Waals surface area contributed by atoms with Crippen molar-refractivity contribution in [3.05, 3.63) is 0 Å². The van der Waals surface area contributed by atoms with Gasteiger partial charge in [0, 0.05) is 19.6 Å². The van der Waals surface area contributed by atoms with Crippen molar-refractivity contribution in [2.24, 2.45) is 16.8 Å². The molecular weight excluding hydrogens is 244 g/mol. The summed E-state index contributed by atoms with van der Waals surface area (Å²) in [6, 6.07) is -0.202. The van der Waals surface area contributed by atoms with Crippen molar-refractivity contribution in [3.63, 3.8) is 0 Å². The zero-order chi connectivity index (χ0) is 13.8. The number of nitrogens with two attached hydrogens (primary N) is 1. The van der Waals surface area contributed by atoms with E-state index in [-0.39, 0.29) is 17.9 Å². The van der Waals surface area contributed by atoms with E-state index in [0.29, 0.717) is 12.5 Å². The second-order valence-electron chi connectivity index (χ2n) is 5.71. The number of hydrogen-bond acceptors (Lipinski definition) is 3. The summed E-state index contributed by atoms with van der Waals surface area (Å²) in [5, 5.41) is 11.9. The number of piperidine rings is 2. The van der Waals surface area contributed by atoms with E-state index in [4.69, 9.17) is 10.9 Å². The summed E-state index contributed by atoms with van der Waals surface area (Å²) in [4.78, 5) is 16.3. The Morgan fingerprint density at radius 2 is 2.05 bits per heavy atom. The van der Waals surface area contributed by atoms with Crippen molar-refractivity contribution in [2.75, 3.05) is 19.6 Å². The molecule has 108 valence electrons. The Kier molecular flexibility index (Phi) is 4.50. The molecule has 2 amide bonds. The molecule has 2 aliphatic heterocycles. The number of urea groups is 1. The van der Waals surface area contributed by atoms with Gasteiger partial charge < -0.3 is 20.7 Å². The van der Waals surface area contributed by atoms with Crippen molar-refractivity contribution in [3.8, 4) is 0 Å². The van der Waals surface area contributed by atoms with Gasteiger partial charge in [-0.3, -0.25) is 0 Å². The van der Waals surface area contributed by atoms with Gasteiger partial charge in [0.15, 0.2) is 5.84 Å². The van der Waals surface area contributed by atoms with Gasteiger partial charge in [0.2, 0.25) is 0 Å². The number of carbonyl (C=O) groups is 1. The van der Waals surface area contributed by atoms with Crippen molar-refractivity contribution in [1.29, 1.82) is 0 Å². The number of likely N-dealkylation sites (tertiary alicyclic amines) is 2. The lowest BCUT2D eigenvalue weighted by atomic mass is 9.99. The highest BCUT2D eigenvalue weighted by Crippen LogP contribution is 2.22. The molecule has 0 bridgehead atoms. The topological polar surface area (TPSA) is 82.2 Å². The zero-order valence-corrected chi connectivity index (χ0v) is 11.6. The third kappa shape index (κ3) is 3.11. The minimum atomic E-state index is -0.247. The molecule has 0 aromatic rings. The molecule has 0 spiro atoms. The molecule has 0 aliphatic carbocycles. The van der Waals surface area contributed by atoms with Crippen LogP contribution in [0.5, 0.6) is 0 Å². The van der Waals surface area contributed by atoms with Crippen LogP contribution in [-0.4, -0.2) is 52.5 Å². The first-order chi connectivity index (χ1) is 9.13. The maximum absolute atomic E-state index is 12.6. The van der Waals surface area contributed by atoms with Crippen LogP contribution in [0.4, 0.5) is 4.79 Å². The highest BCUT2D eigenvalue weighted by atomic mass is 16.4. The summed E-state index contributed by atoms with van der Waals surface area (Å²) >= 11 is 0. The van der Waals surface area contributed by atoms with Gasteiger partial charge in [0.05, 0.1) is 6.04 Å². The monoisotopic (exact) mass is 268 g/mol. The Morgan fingerprint density at radius 3 is 2.74 bits per heavy atom. The minimum absolute atomic E-state index is 0.0443. The van der Waals surface area contributed by atoms with Crippen LogP contribution >= 0.6 is 0 Å². The molecule has 2 aliphatic rings. The van der Waals surface area contributed by atoms with E-state index in [1.165, 1.54) is 6.42 Å². The first-order valence-electron chi connectivity index (χ1n) is 7.16. The smallest absolute Gasteiger partial charge is 0.320 e. The van der Waals surface area contributed by atoms with E-state index < -0.39 is 0 Å². The Bertz CT molecular complexity index is 359. The molecule has 2 rings (SSSR count). The predicted octanol–water partition coefficient (Wildman–Crippen LogP) is 1.44. The average molecular weight is 268 g/mol. The van der Waals surface area contributed by atoms with Gasteiger partial charge in [-0.2, -0.15) is 0 Å². The number of carbonyl (C=O) groups excluding carboxylic acids is 1. The van der Waals surface area contributed by atoms with Gasteiger partial charge in [0.25, 0.3) is 0 Å². The number of hydrogen-bond donors (Lipinski definition) is 2. The second-order valence-corrected chi connectivity index (χ2v) is 5.71. The van der Waals surface area contributed by atoms with Gasteiger partial charge in [-0.05, 0) is 38.0 Å². The Labute approximate surface area is 114 Å². The summed E-state index contributed by atoms with van der Waals surface area (Å²) < 4.78 is 0. The molecule has 0 radical (unpaired) electrons. The van der Waals surface area contributed by atoms with Crippen molar-refractivity contribution < 1.29 is 10.0 Å². The molecule has 6 nitrogen and oxygen atoms in total. The van der Waals surface area contributed by atoms with Crippen molar-refractivity contribution in [1.82, 2.24) is 9.80 Å². The van der Waals surface area contributed by atoms with E-state index in [0.717, 1.165) is 38.8 Å².